The van der Waals surface area contributed by atoms with E-state index < -0.39 is 0 Å². The minimum absolute atomic E-state index is 0.477. The molecule has 108 valence electrons. The molecule has 0 saturated heterocycles. The predicted octanol–water partition coefficient (Wildman–Crippen LogP) is 2.06. The molecule has 0 saturated carbocycles. The normalized spacial score (nSPS) is 11.0. The number of anilines is 1. The highest BCUT2D eigenvalue weighted by atomic mass is 15.2. The van der Waals surface area contributed by atoms with Crippen molar-refractivity contribution >= 4 is 16.7 Å². The Bertz CT molecular complexity index is 762. The molecule has 0 aliphatic heterocycles. The minimum Gasteiger partial charge on any atom is -0.355 e. The van der Waals surface area contributed by atoms with Crippen LogP contribution in [0.4, 0.5) is 5.82 Å². The van der Waals surface area contributed by atoms with Crippen molar-refractivity contribution in [3.05, 3.63) is 53.9 Å². The van der Waals surface area contributed by atoms with Crippen LogP contribution in [0.5, 0.6) is 0 Å². The summed E-state index contributed by atoms with van der Waals surface area (Å²) in [6.45, 7) is 1.23. The zero-order valence-corrected chi connectivity index (χ0v) is 12.3. The number of aryl methyl sites for hydroxylation is 1. The highest BCUT2D eigenvalue weighted by molar-refractivity contribution is 5.81. The van der Waals surface area contributed by atoms with Gasteiger partial charge in [-0.15, -0.1) is 0 Å². The number of pyridine rings is 1. The number of hydrogen-bond donors (Lipinski definition) is 1. The van der Waals surface area contributed by atoms with Gasteiger partial charge in [-0.05, 0) is 12.1 Å². The predicted molar refractivity (Wildman–Crippen MR) is 84.9 cm³/mol. The Balaban J connectivity index is 1.97. The van der Waals surface area contributed by atoms with Crippen molar-refractivity contribution in [3.8, 4) is 0 Å². The number of para-hydroxylation sites is 1. The van der Waals surface area contributed by atoms with E-state index in [-0.39, 0.29) is 0 Å². The molecule has 2 heterocycles. The molecule has 0 bridgehead atoms. The molecule has 3 rings (SSSR count). The Kier molecular flexibility index (Phi) is 3.58. The molecule has 0 atom stereocenters. The van der Waals surface area contributed by atoms with Crippen LogP contribution < -0.4 is 10.6 Å². The first-order valence-corrected chi connectivity index (χ1v) is 6.95. The molecule has 0 radical (unpaired) electrons. The van der Waals surface area contributed by atoms with E-state index in [0.717, 1.165) is 34.4 Å². The van der Waals surface area contributed by atoms with Crippen molar-refractivity contribution in [1.82, 2.24) is 14.8 Å². The molecule has 0 spiro atoms. The lowest BCUT2D eigenvalue weighted by Gasteiger charge is -2.21. The van der Waals surface area contributed by atoms with Crippen LogP contribution in [0.15, 0.2) is 42.7 Å². The maximum absolute atomic E-state index is 5.89. The largest absolute Gasteiger partial charge is 0.355 e. The summed E-state index contributed by atoms with van der Waals surface area (Å²) in [4.78, 5) is 6.88. The molecule has 0 unspecified atom stereocenters. The van der Waals surface area contributed by atoms with Crippen molar-refractivity contribution in [2.75, 3.05) is 11.9 Å². The van der Waals surface area contributed by atoms with Crippen molar-refractivity contribution < 1.29 is 0 Å². The van der Waals surface area contributed by atoms with Crippen LogP contribution in [0.25, 0.3) is 10.9 Å². The first-order chi connectivity index (χ1) is 10.2. The highest BCUT2D eigenvalue weighted by Crippen LogP contribution is 2.23. The van der Waals surface area contributed by atoms with Crippen molar-refractivity contribution in [2.24, 2.45) is 12.8 Å². The van der Waals surface area contributed by atoms with Crippen LogP contribution in [0, 0.1) is 0 Å². The third kappa shape index (κ3) is 2.73. The average molecular weight is 281 g/mol. The third-order valence-electron chi connectivity index (χ3n) is 3.54. The van der Waals surface area contributed by atoms with Gasteiger partial charge in [0.1, 0.15) is 5.82 Å². The van der Waals surface area contributed by atoms with Crippen molar-refractivity contribution in [3.63, 3.8) is 0 Å². The summed E-state index contributed by atoms with van der Waals surface area (Å²) in [5.74, 6) is 0.931. The van der Waals surface area contributed by atoms with E-state index in [2.05, 4.69) is 22.1 Å². The second kappa shape index (κ2) is 5.54. The fourth-order valence-corrected chi connectivity index (χ4v) is 2.53. The number of nitrogens with zero attached hydrogens (tertiary/aromatic N) is 4. The zero-order valence-electron chi connectivity index (χ0n) is 12.3. The lowest BCUT2D eigenvalue weighted by Crippen LogP contribution is -2.20. The summed E-state index contributed by atoms with van der Waals surface area (Å²) in [5.41, 5.74) is 9.09. The second-order valence-electron chi connectivity index (χ2n) is 5.25. The van der Waals surface area contributed by atoms with E-state index in [1.807, 2.05) is 44.7 Å². The number of rotatable bonds is 4. The van der Waals surface area contributed by atoms with Crippen LogP contribution in [-0.4, -0.2) is 21.8 Å². The van der Waals surface area contributed by atoms with Crippen LogP contribution >= 0.6 is 0 Å². The summed E-state index contributed by atoms with van der Waals surface area (Å²) >= 11 is 0. The zero-order chi connectivity index (χ0) is 14.8. The van der Waals surface area contributed by atoms with Gasteiger partial charge in [0.05, 0.1) is 11.7 Å². The summed E-state index contributed by atoms with van der Waals surface area (Å²) in [6.07, 6.45) is 3.89. The maximum Gasteiger partial charge on any atom is 0.133 e. The van der Waals surface area contributed by atoms with Gasteiger partial charge in [0.25, 0.3) is 0 Å². The molecular formula is C16H19N5. The molecule has 2 N–H and O–H groups in total. The Hall–Kier alpha value is -2.40. The van der Waals surface area contributed by atoms with Crippen LogP contribution in [-0.2, 0) is 20.1 Å². The molecular weight excluding hydrogens is 262 g/mol. The quantitative estimate of drug-likeness (QED) is 0.795. The van der Waals surface area contributed by atoms with Crippen LogP contribution in [0.1, 0.15) is 11.1 Å². The number of benzene rings is 1. The summed E-state index contributed by atoms with van der Waals surface area (Å²) in [5, 5.41) is 5.32. The molecule has 0 aliphatic carbocycles. The Morgan fingerprint density at radius 2 is 2.10 bits per heavy atom. The fourth-order valence-electron chi connectivity index (χ4n) is 2.53. The van der Waals surface area contributed by atoms with Gasteiger partial charge in [-0.25, -0.2) is 4.98 Å². The highest BCUT2D eigenvalue weighted by Gasteiger charge is 2.11. The van der Waals surface area contributed by atoms with Gasteiger partial charge in [0, 0.05) is 49.9 Å². The molecule has 5 heteroatoms. The van der Waals surface area contributed by atoms with E-state index in [1.54, 1.807) is 4.68 Å². The van der Waals surface area contributed by atoms with Gasteiger partial charge >= 0.3 is 0 Å². The fraction of sp³-hybridized carbons (Fsp3) is 0.250. The van der Waals surface area contributed by atoms with E-state index >= 15 is 0 Å². The second-order valence-corrected chi connectivity index (χ2v) is 5.25. The summed E-state index contributed by atoms with van der Waals surface area (Å²) in [7, 11) is 3.95. The standard InChI is InChI=1S/C16H19N5/c1-20(10-12-9-18-21(2)11-12)16-14(8-17)7-13-5-3-4-6-15(13)19-16/h3-7,9,11H,8,10,17H2,1-2H3. The molecule has 5 nitrogen and oxygen atoms in total. The average Bonchev–Trinajstić information content (AvgIpc) is 2.90. The van der Waals surface area contributed by atoms with Gasteiger partial charge in [-0.2, -0.15) is 5.10 Å². The number of fused-ring (bicyclic) bond motifs is 1. The molecule has 1 aromatic carbocycles. The van der Waals surface area contributed by atoms with Gasteiger partial charge in [-0.3, -0.25) is 4.68 Å². The first kappa shape index (κ1) is 13.6. The first-order valence-electron chi connectivity index (χ1n) is 6.95. The lowest BCUT2D eigenvalue weighted by atomic mass is 10.1. The molecule has 0 fully saturated rings. The molecule has 0 aliphatic rings. The monoisotopic (exact) mass is 281 g/mol. The van der Waals surface area contributed by atoms with Crippen LogP contribution in [0.3, 0.4) is 0 Å². The minimum atomic E-state index is 0.477. The molecule has 2 aromatic heterocycles. The molecule has 3 aromatic rings. The van der Waals surface area contributed by atoms with Crippen molar-refractivity contribution in [1.29, 1.82) is 0 Å². The number of aromatic nitrogens is 3. The van der Waals surface area contributed by atoms with E-state index in [1.165, 1.54) is 0 Å². The number of hydrogen-bond acceptors (Lipinski definition) is 4. The summed E-state index contributed by atoms with van der Waals surface area (Å²) < 4.78 is 1.81. The Morgan fingerprint density at radius 3 is 2.81 bits per heavy atom. The molecule has 0 amide bonds. The van der Waals surface area contributed by atoms with E-state index in [9.17, 15) is 0 Å². The summed E-state index contributed by atoms with van der Waals surface area (Å²) in [6, 6.07) is 10.2. The number of nitrogens with two attached hydrogens (primary N) is 1. The van der Waals surface area contributed by atoms with Gasteiger partial charge in [0.15, 0.2) is 0 Å². The van der Waals surface area contributed by atoms with Gasteiger partial charge in [0.2, 0.25) is 0 Å². The SMILES string of the molecule is CN(Cc1cnn(C)c1)c1nc2ccccc2cc1CN. The third-order valence-corrected chi connectivity index (χ3v) is 3.54. The Morgan fingerprint density at radius 1 is 1.29 bits per heavy atom. The smallest absolute Gasteiger partial charge is 0.133 e. The Labute approximate surface area is 124 Å². The maximum atomic E-state index is 5.89. The van der Waals surface area contributed by atoms with Crippen molar-refractivity contribution in [2.45, 2.75) is 13.1 Å². The van der Waals surface area contributed by atoms with E-state index in [0.29, 0.717) is 6.54 Å². The lowest BCUT2D eigenvalue weighted by molar-refractivity contribution is 0.766. The topological polar surface area (TPSA) is 60.0 Å². The molecule has 21 heavy (non-hydrogen) atoms. The van der Waals surface area contributed by atoms with Gasteiger partial charge in [-0.1, -0.05) is 18.2 Å². The van der Waals surface area contributed by atoms with E-state index in [4.69, 9.17) is 10.7 Å². The van der Waals surface area contributed by atoms with Gasteiger partial charge < -0.3 is 10.6 Å². The van der Waals surface area contributed by atoms with Crippen LogP contribution in [0.2, 0.25) is 0 Å².